The van der Waals surface area contributed by atoms with Gasteiger partial charge in [-0.3, -0.25) is 10.6 Å². The van der Waals surface area contributed by atoms with Gasteiger partial charge in [0.25, 0.3) is 0 Å². The van der Waals surface area contributed by atoms with Gasteiger partial charge in [-0.1, -0.05) is 67.6 Å². The number of carbonyl (C=O) groups excluding carboxylic acids is 3. The number of methoxy groups -OCH3 is 1. The Morgan fingerprint density at radius 2 is 1.35 bits per heavy atom. The third kappa shape index (κ3) is 11.4. The van der Waals surface area contributed by atoms with E-state index in [1.165, 1.54) is 13.2 Å². The maximum absolute atomic E-state index is 13.9. The van der Waals surface area contributed by atoms with E-state index < -0.39 is 72.3 Å². The van der Waals surface area contributed by atoms with Crippen molar-refractivity contribution in [1.82, 2.24) is 10.6 Å². The van der Waals surface area contributed by atoms with Crippen molar-refractivity contribution in [3.63, 3.8) is 0 Å². The Labute approximate surface area is 281 Å². The van der Waals surface area contributed by atoms with Crippen molar-refractivity contribution in [2.45, 2.75) is 90.1 Å². The number of amides is 2. The highest BCUT2D eigenvalue weighted by Crippen LogP contribution is 2.33. The summed E-state index contributed by atoms with van der Waals surface area (Å²) >= 11 is 0. The minimum Gasteiger partial charge on any atom is -0.480 e. The zero-order valence-corrected chi connectivity index (χ0v) is 28.6. The topological polar surface area (TPSA) is 174 Å². The largest absolute Gasteiger partial charge is 0.480 e. The molecule has 0 spiro atoms. The van der Waals surface area contributed by atoms with E-state index in [2.05, 4.69) is 15.6 Å². The summed E-state index contributed by atoms with van der Waals surface area (Å²) < 4.78 is 28.4. The number of ether oxygens (including phenoxy) is 5. The standard InChI is InChI=1S/C35H47N3O10/c1-21-24(36-31(37-32(42)47-34(2,3)4)38-33(43)48-35(5,6)7)19-26(45-27(21)29(44-8)25(40)20-39)30(41)46-28(22-15-11-9-12-16-22)23-17-13-10-14-18-23/h9-19,21,24-25,27-29,39-40H,20H2,1-8H3,(H2,36,37,38,42,43)/t21-,24+,25-,27-,29-/m1/s1. The van der Waals surface area contributed by atoms with Crippen LogP contribution in [0.25, 0.3) is 0 Å². The number of nitrogens with one attached hydrogen (secondary N) is 2. The molecule has 1 heterocycles. The van der Waals surface area contributed by atoms with E-state index in [9.17, 15) is 24.6 Å². The van der Waals surface area contributed by atoms with E-state index in [-0.39, 0.29) is 11.7 Å². The third-order valence-corrected chi connectivity index (χ3v) is 6.95. The lowest BCUT2D eigenvalue weighted by molar-refractivity contribution is -0.158. The van der Waals surface area contributed by atoms with Crippen LogP contribution in [0.3, 0.4) is 0 Å². The highest BCUT2D eigenvalue weighted by Gasteiger charge is 2.43. The van der Waals surface area contributed by atoms with E-state index >= 15 is 0 Å². The molecule has 2 aromatic carbocycles. The highest BCUT2D eigenvalue weighted by atomic mass is 16.6. The average Bonchev–Trinajstić information content (AvgIpc) is 3.00. The summed E-state index contributed by atoms with van der Waals surface area (Å²) in [7, 11) is 1.33. The molecule has 1 aliphatic heterocycles. The molecule has 4 N–H and O–H groups in total. The predicted octanol–water partition coefficient (Wildman–Crippen LogP) is 4.38. The maximum Gasteiger partial charge on any atom is 0.414 e. The monoisotopic (exact) mass is 669 g/mol. The molecule has 1 aliphatic rings. The summed E-state index contributed by atoms with van der Waals surface area (Å²) in [6.45, 7) is 11.1. The van der Waals surface area contributed by atoms with Crippen LogP contribution in [0.5, 0.6) is 0 Å². The van der Waals surface area contributed by atoms with Gasteiger partial charge in [0.05, 0.1) is 12.6 Å². The van der Waals surface area contributed by atoms with Crippen molar-refractivity contribution in [2.75, 3.05) is 13.7 Å². The van der Waals surface area contributed by atoms with Crippen LogP contribution in [0.15, 0.2) is 77.5 Å². The van der Waals surface area contributed by atoms with Crippen LogP contribution in [0.4, 0.5) is 9.59 Å². The first-order valence-electron chi connectivity index (χ1n) is 15.6. The minimum absolute atomic E-state index is 0.259. The molecule has 48 heavy (non-hydrogen) atoms. The Morgan fingerprint density at radius 1 is 0.875 bits per heavy atom. The Hall–Kier alpha value is -4.46. The number of carbonyl (C=O) groups is 3. The molecule has 0 saturated heterocycles. The van der Waals surface area contributed by atoms with Crippen LogP contribution < -0.4 is 10.6 Å². The summed E-state index contributed by atoms with van der Waals surface area (Å²) in [6.07, 6.45) is -4.77. The highest BCUT2D eigenvalue weighted by molar-refractivity contribution is 6.01. The maximum atomic E-state index is 13.9. The van der Waals surface area contributed by atoms with Gasteiger partial charge in [-0.05, 0) is 58.7 Å². The fraction of sp³-hybridized carbons (Fsp3) is 0.486. The van der Waals surface area contributed by atoms with E-state index in [4.69, 9.17) is 23.7 Å². The number of aliphatic hydroxyl groups excluding tert-OH is 2. The molecule has 13 nitrogen and oxygen atoms in total. The molecule has 0 fully saturated rings. The number of alkyl carbamates (subject to hydrolysis) is 2. The van der Waals surface area contributed by atoms with Gasteiger partial charge in [-0.25, -0.2) is 19.4 Å². The Morgan fingerprint density at radius 3 is 1.77 bits per heavy atom. The fourth-order valence-corrected chi connectivity index (χ4v) is 4.84. The van der Waals surface area contributed by atoms with Gasteiger partial charge in [-0.15, -0.1) is 0 Å². The number of guanidine groups is 1. The number of aliphatic hydroxyl groups is 2. The average molecular weight is 670 g/mol. The molecule has 2 aromatic rings. The third-order valence-electron chi connectivity index (χ3n) is 6.95. The molecule has 2 amide bonds. The molecule has 0 radical (unpaired) electrons. The Kier molecular flexibility index (Phi) is 13.1. The second-order valence-corrected chi connectivity index (χ2v) is 13.3. The molecule has 3 rings (SSSR count). The zero-order valence-electron chi connectivity index (χ0n) is 28.6. The van der Waals surface area contributed by atoms with E-state index in [1.807, 2.05) is 60.7 Å². The number of hydrogen-bond donors (Lipinski definition) is 4. The summed E-state index contributed by atoms with van der Waals surface area (Å²) in [5.74, 6) is -2.09. The molecule has 262 valence electrons. The summed E-state index contributed by atoms with van der Waals surface area (Å²) in [4.78, 5) is 44.0. The molecule has 5 atom stereocenters. The number of aliphatic imine (C=N–C) groups is 1. The quantitative estimate of drug-likeness (QED) is 0.130. The molecule has 0 saturated carbocycles. The zero-order chi connectivity index (χ0) is 35.6. The van der Waals surface area contributed by atoms with E-state index in [1.54, 1.807) is 48.5 Å². The van der Waals surface area contributed by atoms with Gasteiger partial charge in [0.1, 0.15) is 29.5 Å². The molecule has 13 heteroatoms. The number of esters is 1. The lowest BCUT2D eigenvalue weighted by atomic mass is 9.87. The first kappa shape index (κ1) is 38.0. The summed E-state index contributed by atoms with van der Waals surface area (Å²) in [5.41, 5.74) is -0.308. The van der Waals surface area contributed by atoms with Crippen molar-refractivity contribution < 1.29 is 48.3 Å². The summed E-state index contributed by atoms with van der Waals surface area (Å²) in [6, 6.07) is 17.3. The van der Waals surface area contributed by atoms with Crippen LogP contribution in [0, 0.1) is 5.92 Å². The lowest BCUT2D eigenvalue weighted by Gasteiger charge is -2.38. The van der Waals surface area contributed by atoms with Crippen LogP contribution in [-0.2, 0) is 28.5 Å². The second kappa shape index (κ2) is 16.6. The van der Waals surface area contributed by atoms with Gasteiger partial charge < -0.3 is 33.9 Å². The number of benzene rings is 2. The van der Waals surface area contributed by atoms with Gasteiger partial charge >= 0.3 is 18.2 Å². The lowest BCUT2D eigenvalue weighted by Crippen LogP contribution is -2.52. The van der Waals surface area contributed by atoms with Gasteiger partial charge in [0.2, 0.25) is 11.7 Å². The molecular weight excluding hydrogens is 622 g/mol. The number of nitrogens with zero attached hydrogens (tertiary/aromatic N) is 1. The van der Waals surface area contributed by atoms with Crippen molar-refractivity contribution in [3.8, 4) is 0 Å². The Bertz CT molecular complexity index is 1360. The Balaban J connectivity index is 2.07. The van der Waals surface area contributed by atoms with Gasteiger partial charge in [-0.2, -0.15) is 0 Å². The minimum atomic E-state index is -1.39. The van der Waals surface area contributed by atoms with Gasteiger partial charge in [0, 0.05) is 13.0 Å². The summed E-state index contributed by atoms with van der Waals surface area (Å²) in [5, 5.41) is 25.2. The van der Waals surface area contributed by atoms with Crippen LogP contribution in [0.1, 0.15) is 65.7 Å². The molecule has 0 bridgehead atoms. The van der Waals surface area contributed by atoms with Crippen LogP contribution in [-0.4, -0.2) is 83.6 Å². The SMILES string of the molecule is CO[C@@H]([C@@H]1OC(C(=O)OC(c2ccccc2)c2ccccc2)=C[C@H](N=C(NC(=O)OC(C)(C)C)NC(=O)OC(C)(C)C)[C@H]1C)[C@H](O)CO. The van der Waals surface area contributed by atoms with Crippen molar-refractivity contribution in [2.24, 2.45) is 10.9 Å². The van der Waals surface area contributed by atoms with Gasteiger partial charge in [0.15, 0.2) is 6.10 Å². The number of hydrogen-bond acceptors (Lipinski definition) is 11. The molecule has 0 aliphatic carbocycles. The second-order valence-electron chi connectivity index (χ2n) is 13.3. The van der Waals surface area contributed by atoms with Crippen molar-refractivity contribution >= 4 is 24.1 Å². The first-order valence-corrected chi connectivity index (χ1v) is 15.6. The molecule has 0 unspecified atom stereocenters. The van der Waals surface area contributed by atoms with E-state index in [0.29, 0.717) is 11.1 Å². The van der Waals surface area contributed by atoms with Crippen molar-refractivity contribution in [3.05, 3.63) is 83.6 Å². The fourth-order valence-electron chi connectivity index (χ4n) is 4.84. The van der Waals surface area contributed by atoms with E-state index in [0.717, 1.165) is 0 Å². The van der Waals surface area contributed by atoms with Crippen LogP contribution >= 0.6 is 0 Å². The molecule has 0 aromatic heterocycles. The predicted molar refractivity (Wildman–Crippen MR) is 177 cm³/mol. The normalized spacial score (nSPS) is 19.1. The molecular formula is C35H47N3O10. The number of rotatable bonds is 9. The van der Waals surface area contributed by atoms with Crippen molar-refractivity contribution in [1.29, 1.82) is 0 Å². The smallest absolute Gasteiger partial charge is 0.414 e. The van der Waals surface area contributed by atoms with Crippen LogP contribution in [0.2, 0.25) is 0 Å². The first-order chi connectivity index (χ1) is 22.5.